The zero-order valence-electron chi connectivity index (χ0n) is 14.1. The van der Waals surface area contributed by atoms with Crippen LogP contribution in [0.25, 0.3) is 6.08 Å². The zero-order valence-corrected chi connectivity index (χ0v) is 14.1. The van der Waals surface area contributed by atoms with E-state index in [1.165, 1.54) is 29.8 Å². The summed E-state index contributed by atoms with van der Waals surface area (Å²) in [5.74, 6) is -0.0539. The molecule has 1 saturated carbocycles. The molecule has 3 rings (SSSR count). The lowest BCUT2D eigenvalue weighted by Gasteiger charge is -2.06. The van der Waals surface area contributed by atoms with Crippen molar-refractivity contribution in [3.63, 3.8) is 0 Å². The fraction of sp³-hybridized carbons (Fsp3) is 0.350. The summed E-state index contributed by atoms with van der Waals surface area (Å²) in [7, 11) is 0. The highest BCUT2D eigenvalue weighted by atomic mass is 16.1. The first-order chi connectivity index (χ1) is 11.0. The summed E-state index contributed by atoms with van der Waals surface area (Å²) in [4.78, 5) is 12.0. The fourth-order valence-corrected chi connectivity index (χ4v) is 2.99. The molecule has 0 spiro atoms. The number of hydrogen-bond donors (Lipinski definition) is 1. The number of hydrogen-bond acceptors (Lipinski definition) is 1. The number of nitrogens with zero attached hydrogens (tertiary/aromatic N) is 1. The van der Waals surface area contributed by atoms with E-state index in [2.05, 4.69) is 48.9 Å². The summed E-state index contributed by atoms with van der Waals surface area (Å²) in [5.41, 5.74) is 6.02. The summed E-state index contributed by atoms with van der Waals surface area (Å²) in [6.07, 6.45) is 6.10. The van der Waals surface area contributed by atoms with Crippen molar-refractivity contribution in [2.45, 2.75) is 46.2 Å². The largest absolute Gasteiger partial charge is 0.348 e. The molecular formula is C20H24N2O. The van der Waals surface area contributed by atoms with E-state index in [4.69, 9.17) is 0 Å². The smallest absolute Gasteiger partial charge is 0.244 e. The van der Waals surface area contributed by atoms with Gasteiger partial charge in [-0.05, 0) is 56.9 Å². The van der Waals surface area contributed by atoms with Crippen LogP contribution in [-0.2, 0) is 11.3 Å². The molecule has 3 heteroatoms. The molecule has 120 valence electrons. The Kier molecular flexibility index (Phi) is 4.37. The molecule has 1 aliphatic rings. The Bertz CT molecular complexity index is 734. The second-order valence-corrected chi connectivity index (χ2v) is 6.46. The number of benzene rings is 1. The van der Waals surface area contributed by atoms with Crippen molar-refractivity contribution < 1.29 is 4.79 Å². The van der Waals surface area contributed by atoms with E-state index >= 15 is 0 Å². The maximum absolute atomic E-state index is 12.0. The van der Waals surface area contributed by atoms with Gasteiger partial charge in [-0.15, -0.1) is 0 Å². The fourth-order valence-electron chi connectivity index (χ4n) is 2.99. The van der Waals surface area contributed by atoms with E-state index in [1.54, 1.807) is 6.08 Å². The summed E-state index contributed by atoms with van der Waals surface area (Å²) in [6.45, 7) is 6.89. The van der Waals surface area contributed by atoms with Gasteiger partial charge in [-0.1, -0.05) is 29.8 Å². The number of rotatable bonds is 5. The molecule has 0 bridgehead atoms. The number of aromatic nitrogens is 1. The van der Waals surface area contributed by atoms with Gasteiger partial charge in [-0.25, -0.2) is 0 Å². The van der Waals surface area contributed by atoms with Crippen LogP contribution in [0.3, 0.4) is 0 Å². The van der Waals surface area contributed by atoms with Gasteiger partial charge in [0.2, 0.25) is 5.91 Å². The van der Waals surface area contributed by atoms with Gasteiger partial charge in [0.25, 0.3) is 0 Å². The van der Waals surface area contributed by atoms with Crippen LogP contribution >= 0.6 is 0 Å². The molecule has 1 aliphatic carbocycles. The standard InChI is InChI=1S/C20H24N2O/c1-14-4-6-17(7-5-14)13-21-20(23)11-8-18-12-15(2)22(16(18)3)19-9-10-19/h4-8,11-12,19H,9-10,13H2,1-3H3,(H,21,23)/b11-8+. The molecule has 0 atom stereocenters. The number of aryl methyl sites for hydroxylation is 2. The maximum Gasteiger partial charge on any atom is 0.244 e. The lowest BCUT2D eigenvalue weighted by atomic mass is 10.1. The third-order valence-electron chi connectivity index (χ3n) is 4.44. The van der Waals surface area contributed by atoms with E-state index in [-0.39, 0.29) is 5.91 Å². The molecule has 0 unspecified atom stereocenters. The van der Waals surface area contributed by atoms with Crippen LogP contribution in [0.1, 0.15) is 47.0 Å². The average Bonchev–Trinajstić information content (AvgIpc) is 3.31. The van der Waals surface area contributed by atoms with Crippen molar-refractivity contribution in [1.82, 2.24) is 9.88 Å². The van der Waals surface area contributed by atoms with Gasteiger partial charge in [0.1, 0.15) is 0 Å². The molecular weight excluding hydrogens is 284 g/mol. The summed E-state index contributed by atoms with van der Waals surface area (Å²) in [5, 5.41) is 2.93. The predicted molar refractivity (Wildman–Crippen MR) is 94.2 cm³/mol. The minimum absolute atomic E-state index is 0.0539. The van der Waals surface area contributed by atoms with Crippen LogP contribution in [0.4, 0.5) is 0 Å². The molecule has 1 N–H and O–H groups in total. The maximum atomic E-state index is 12.0. The first-order valence-electron chi connectivity index (χ1n) is 8.24. The minimum Gasteiger partial charge on any atom is -0.348 e. The third kappa shape index (κ3) is 3.73. The molecule has 1 aromatic carbocycles. The summed E-state index contributed by atoms with van der Waals surface area (Å²) < 4.78 is 2.39. The molecule has 0 aliphatic heterocycles. The molecule has 1 heterocycles. The molecule has 1 aromatic heterocycles. The SMILES string of the molecule is Cc1ccc(CNC(=O)/C=C/c2cc(C)n(C3CC3)c2C)cc1. The second kappa shape index (κ2) is 6.45. The van der Waals surface area contributed by atoms with E-state index < -0.39 is 0 Å². The van der Waals surface area contributed by atoms with Crippen LogP contribution in [0.2, 0.25) is 0 Å². The Morgan fingerprint density at radius 3 is 2.57 bits per heavy atom. The van der Waals surface area contributed by atoms with Crippen molar-refractivity contribution in [1.29, 1.82) is 0 Å². The van der Waals surface area contributed by atoms with Crippen molar-refractivity contribution in [3.05, 3.63) is 64.5 Å². The quantitative estimate of drug-likeness (QED) is 0.830. The number of amides is 1. The molecule has 1 fully saturated rings. The van der Waals surface area contributed by atoms with Gasteiger partial charge in [0.05, 0.1) is 0 Å². The number of carbonyl (C=O) groups is 1. The van der Waals surface area contributed by atoms with Gasteiger partial charge in [-0.2, -0.15) is 0 Å². The Hall–Kier alpha value is -2.29. The molecule has 3 nitrogen and oxygen atoms in total. The monoisotopic (exact) mass is 308 g/mol. The molecule has 0 radical (unpaired) electrons. The van der Waals surface area contributed by atoms with Crippen molar-refractivity contribution in [3.8, 4) is 0 Å². The summed E-state index contributed by atoms with van der Waals surface area (Å²) >= 11 is 0. The number of carbonyl (C=O) groups excluding carboxylic acids is 1. The molecule has 1 amide bonds. The van der Waals surface area contributed by atoms with E-state index in [9.17, 15) is 4.79 Å². The van der Waals surface area contributed by atoms with Crippen LogP contribution in [0.15, 0.2) is 36.4 Å². The Labute approximate surface area is 138 Å². The molecule has 2 aromatic rings. The van der Waals surface area contributed by atoms with Crippen LogP contribution in [0.5, 0.6) is 0 Å². The van der Waals surface area contributed by atoms with E-state index in [0.29, 0.717) is 12.6 Å². The minimum atomic E-state index is -0.0539. The third-order valence-corrected chi connectivity index (χ3v) is 4.44. The van der Waals surface area contributed by atoms with Crippen molar-refractivity contribution in [2.75, 3.05) is 0 Å². The van der Waals surface area contributed by atoms with Gasteiger partial charge in [0.15, 0.2) is 0 Å². The topological polar surface area (TPSA) is 34.0 Å². The van der Waals surface area contributed by atoms with Crippen LogP contribution < -0.4 is 5.32 Å². The Morgan fingerprint density at radius 1 is 1.22 bits per heavy atom. The predicted octanol–water partition coefficient (Wildman–Crippen LogP) is 4.08. The molecule has 0 saturated heterocycles. The Morgan fingerprint density at radius 2 is 1.91 bits per heavy atom. The van der Waals surface area contributed by atoms with Crippen molar-refractivity contribution >= 4 is 12.0 Å². The van der Waals surface area contributed by atoms with Crippen LogP contribution in [0, 0.1) is 20.8 Å². The normalized spacial score (nSPS) is 14.4. The van der Waals surface area contributed by atoms with E-state index in [0.717, 1.165) is 11.1 Å². The zero-order chi connectivity index (χ0) is 16.4. The van der Waals surface area contributed by atoms with Crippen molar-refractivity contribution in [2.24, 2.45) is 0 Å². The highest BCUT2D eigenvalue weighted by Crippen LogP contribution is 2.38. The van der Waals surface area contributed by atoms with Gasteiger partial charge >= 0.3 is 0 Å². The number of nitrogens with one attached hydrogen (secondary N) is 1. The lowest BCUT2D eigenvalue weighted by molar-refractivity contribution is -0.116. The first-order valence-corrected chi connectivity index (χ1v) is 8.24. The first kappa shape index (κ1) is 15.6. The van der Waals surface area contributed by atoms with Gasteiger partial charge in [0, 0.05) is 30.1 Å². The van der Waals surface area contributed by atoms with Crippen LogP contribution in [-0.4, -0.2) is 10.5 Å². The summed E-state index contributed by atoms with van der Waals surface area (Å²) in [6, 6.07) is 11.0. The highest BCUT2D eigenvalue weighted by molar-refractivity contribution is 5.91. The lowest BCUT2D eigenvalue weighted by Crippen LogP contribution is -2.20. The van der Waals surface area contributed by atoms with Gasteiger partial charge < -0.3 is 9.88 Å². The van der Waals surface area contributed by atoms with E-state index in [1.807, 2.05) is 18.2 Å². The van der Waals surface area contributed by atoms with Gasteiger partial charge in [-0.3, -0.25) is 4.79 Å². The molecule has 23 heavy (non-hydrogen) atoms. The second-order valence-electron chi connectivity index (χ2n) is 6.46. The Balaban J connectivity index is 1.60. The highest BCUT2D eigenvalue weighted by Gasteiger charge is 2.26. The average molecular weight is 308 g/mol.